The summed E-state index contributed by atoms with van der Waals surface area (Å²) >= 11 is 0. The summed E-state index contributed by atoms with van der Waals surface area (Å²) in [6.07, 6.45) is 2.22. The van der Waals surface area contributed by atoms with Gasteiger partial charge in [-0.05, 0) is 151 Å². The predicted octanol–water partition coefficient (Wildman–Crippen LogP) is 11.5. The first-order valence-electron chi connectivity index (χ1n) is 26.7. The van der Waals surface area contributed by atoms with E-state index in [-0.39, 0.29) is 57.6 Å². The van der Waals surface area contributed by atoms with Crippen molar-refractivity contribution in [3.63, 3.8) is 0 Å². The fourth-order valence-corrected chi connectivity index (χ4v) is 10.3. The van der Waals surface area contributed by atoms with Gasteiger partial charge in [-0.3, -0.25) is 18.4 Å². The van der Waals surface area contributed by atoms with Crippen molar-refractivity contribution in [2.24, 2.45) is 0 Å². The third kappa shape index (κ3) is 10.1. The van der Waals surface area contributed by atoms with E-state index in [0.29, 0.717) is 89.8 Å². The van der Waals surface area contributed by atoms with Crippen molar-refractivity contribution in [3.8, 4) is 56.3 Å². The molecule has 0 spiro atoms. The zero-order valence-corrected chi connectivity index (χ0v) is 46.7. The lowest BCUT2D eigenvalue weighted by molar-refractivity contribution is 0.231. The summed E-state index contributed by atoms with van der Waals surface area (Å²) in [5.74, 6) is -1.54. The molecule has 0 radical (unpaired) electrons. The number of pyridine rings is 2. The number of nitrogen functional groups attached to an aromatic ring is 2. The van der Waals surface area contributed by atoms with Gasteiger partial charge in [0, 0.05) is 22.5 Å². The highest BCUT2D eigenvalue weighted by molar-refractivity contribution is 5.99. The molecule has 0 aliphatic carbocycles. The molecule has 0 aliphatic rings. The summed E-state index contributed by atoms with van der Waals surface area (Å²) in [5.41, 5.74) is 18.3. The average Bonchev–Trinajstić information content (AvgIpc) is 3.66. The molecule has 8 heterocycles. The highest BCUT2D eigenvalue weighted by Crippen LogP contribution is 2.39. The Morgan fingerprint density at radius 3 is 1.24 bits per heavy atom. The van der Waals surface area contributed by atoms with Crippen molar-refractivity contribution in [3.05, 3.63) is 201 Å². The van der Waals surface area contributed by atoms with Gasteiger partial charge in [0.05, 0.1) is 57.6 Å². The Balaban J connectivity index is 0.000000175. The first-order chi connectivity index (χ1) is 40.3. The Morgan fingerprint density at radius 1 is 0.476 bits per heavy atom. The number of hydrogen-bond acceptors (Lipinski definition) is 14. The minimum atomic E-state index is -0.680. The molecule has 8 aromatic heterocycles. The quantitative estimate of drug-likeness (QED) is 0.109. The Labute approximate surface area is 476 Å². The monoisotopic (exact) mass is 1130 g/mol. The number of nitrogens with two attached hydrogens (primary N) is 2. The second-order valence-electron chi connectivity index (χ2n) is 20.6. The molecule has 84 heavy (non-hydrogen) atoms. The van der Waals surface area contributed by atoms with Crippen LogP contribution in [-0.2, 0) is 0 Å². The van der Waals surface area contributed by atoms with Crippen molar-refractivity contribution in [2.75, 3.05) is 11.5 Å². The maximum absolute atomic E-state index is 15.0. The van der Waals surface area contributed by atoms with Crippen molar-refractivity contribution in [1.82, 2.24) is 58.3 Å². The van der Waals surface area contributed by atoms with Crippen LogP contribution in [0.15, 0.2) is 144 Å². The van der Waals surface area contributed by atoms with Crippen LogP contribution in [0.4, 0.5) is 29.2 Å². The van der Waals surface area contributed by atoms with Crippen LogP contribution in [0.2, 0.25) is 0 Å². The van der Waals surface area contributed by atoms with E-state index in [1.165, 1.54) is 70.0 Å². The largest absolute Gasteiger partial charge is 0.488 e. The summed E-state index contributed by atoms with van der Waals surface area (Å²) in [5, 5.41) is 10.5. The number of rotatable bonds is 12. The summed E-state index contributed by atoms with van der Waals surface area (Å²) in [7, 11) is 0. The van der Waals surface area contributed by atoms with Gasteiger partial charge in [0.25, 0.3) is 11.1 Å². The van der Waals surface area contributed by atoms with Crippen molar-refractivity contribution < 1.29 is 27.0 Å². The highest BCUT2D eigenvalue weighted by Gasteiger charge is 2.29. The third-order valence-corrected chi connectivity index (χ3v) is 14.1. The zero-order valence-electron chi connectivity index (χ0n) is 46.7. The van der Waals surface area contributed by atoms with Crippen molar-refractivity contribution in [1.29, 1.82) is 0 Å². The fourth-order valence-electron chi connectivity index (χ4n) is 10.3. The minimum absolute atomic E-state index is 0.117. The van der Waals surface area contributed by atoms with E-state index in [4.69, 9.17) is 41.1 Å². The lowest BCUT2D eigenvalue weighted by Crippen LogP contribution is -2.24. The molecule has 0 aliphatic heterocycles. The molecule has 22 heteroatoms. The molecule has 0 amide bonds. The third-order valence-electron chi connectivity index (χ3n) is 14.1. The lowest BCUT2D eigenvalue weighted by Gasteiger charge is -2.18. The average molecular weight is 1140 g/mol. The Kier molecular flexibility index (Phi) is 14.7. The first-order valence-corrected chi connectivity index (χ1v) is 26.7. The van der Waals surface area contributed by atoms with E-state index in [1.807, 2.05) is 53.7 Å². The molecule has 0 bridgehead atoms. The van der Waals surface area contributed by atoms with E-state index in [1.54, 1.807) is 83.9 Å². The van der Waals surface area contributed by atoms with E-state index in [2.05, 4.69) is 19.9 Å². The van der Waals surface area contributed by atoms with E-state index >= 15 is 8.78 Å². The molecule has 0 unspecified atom stereocenters. The molecule has 4 aromatic carbocycles. The summed E-state index contributed by atoms with van der Waals surface area (Å²) in [4.78, 5) is 54.9. The molecule has 2 atom stereocenters. The maximum Gasteiger partial charge on any atom is 0.266 e. The number of aryl methyl sites for hydroxylation is 2. The second-order valence-corrected chi connectivity index (χ2v) is 20.6. The van der Waals surface area contributed by atoms with Crippen molar-refractivity contribution in [2.45, 2.75) is 79.7 Å². The van der Waals surface area contributed by atoms with E-state index in [9.17, 15) is 18.4 Å². The maximum atomic E-state index is 15.0. The van der Waals surface area contributed by atoms with Crippen LogP contribution in [0.1, 0.15) is 76.4 Å². The number of nitrogens with zero attached hydrogens (tertiary/aromatic N) is 12. The fraction of sp³-hybridized carbons (Fsp3) is 0.194. The van der Waals surface area contributed by atoms with Crippen LogP contribution in [0.25, 0.3) is 78.1 Å². The van der Waals surface area contributed by atoms with Crippen LogP contribution in [0.3, 0.4) is 0 Å². The number of fused-ring (bicyclic) bond motifs is 4. The molecule has 12 aromatic rings. The molecule has 0 fully saturated rings. The Morgan fingerprint density at radius 2 is 0.869 bits per heavy atom. The molecule has 4 N–H and O–H groups in total. The van der Waals surface area contributed by atoms with Crippen LogP contribution in [0.5, 0.6) is 11.5 Å². The number of benzene rings is 4. The summed E-state index contributed by atoms with van der Waals surface area (Å²) < 4.78 is 76.1. The van der Waals surface area contributed by atoms with Gasteiger partial charge in [-0.1, -0.05) is 36.4 Å². The van der Waals surface area contributed by atoms with Gasteiger partial charge in [-0.2, -0.15) is 10.2 Å². The number of ether oxygens (including phenoxy) is 2. The Hall–Kier alpha value is -10.4. The zero-order chi connectivity index (χ0) is 59.4. The highest BCUT2D eigenvalue weighted by atomic mass is 19.1. The first kappa shape index (κ1) is 55.5. The van der Waals surface area contributed by atoms with Gasteiger partial charge in [0.2, 0.25) is 0 Å². The van der Waals surface area contributed by atoms with E-state index in [0.717, 1.165) is 0 Å². The van der Waals surface area contributed by atoms with Gasteiger partial charge in [-0.25, -0.2) is 56.8 Å². The molecular weight excluding hydrogens is 1080 g/mol. The SMILES string of the molecule is Cc1cccc2nc([C@@H](C)n3nc(-c4ccc(OC(C)C)c(F)c4)c4c(N)ncnc43)c(-c3cccc(F)c3)c(=O)n12.Cc1cccc2nc([C@H](C)n3nc(-c4ccc(OC(C)C)c(F)c4)c4c(N)ncnc43)c(-c3cccc(F)c3)c(=O)n12. The van der Waals surface area contributed by atoms with Crippen LogP contribution >= 0.6 is 0 Å². The molecule has 12 rings (SSSR count). The van der Waals surface area contributed by atoms with Crippen LogP contribution in [0, 0.1) is 37.1 Å². The number of aromatic nitrogens is 12. The molecular formula is C62H54F4N14O4. The molecule has 0 saturated carbocycles. The summed E-state index contributed by atoms with van der Waals surface area (Å²) in [6, 6.07) is 30.1. The van der Waals surface area contributed by atoms with Crippen LogP contribution in [-0.4, -0.2) is 70.5 Å². The molecule has 0 saturated heterocycles. The smallest absolute Gasteiger partial charge is 0.266 e. The van der Waals surface area contributed by atoms with Crippen LogP contribution < -0.4 is 32.1 Å². The predicted molar refractivity (Wildman–Crippen MR) is 313 cm³/mol. The molecule has 18 nitrogen and oxygen atoms in total. The second kappa shape index (κ2) is 22.2. The van der Waals surface area contributed by atoms with E-state index < -0.39 is 35.4 Å². The lowest BCUT2D eigenvalue weighted by atomic mass is 10.0. The van der Waals surface area contributed by atoms with Gasteiger partial charge < -0.3 is 20.9 Å². The Bertz CT molecular complexity index is 4400. The standard InChI is InChI=1S/2C31H27F2N7O2/c2*1-16(2)42-23-12-11-20(14-22(23)33)28-26-29(34)35-15-36-30(26)40(38-28)18(4)27-25(19-8-6-9-21(32)13-19)31(41)39-17(3)7-5-10-24(39)37-27/h2*5-16,18H,1-4H3,(H2,34,35,36)/t2*18-/m10/s1. The van der Waals surface area contributed by atoms with Crippen molar-refractivity contribution >= 4 is 45.0 Å². The summed E-state index contributed by atoms with van der Waals surface area (Å²) in [6.45, 7) is 14.5. The number of hydrogen-bond donors (Lipinski definition) is 2. The normalized spacial score (nSPS) is 12.4. The number of anilines is 2. The molecule has 424 valence electrons. The minimum Gasteiger partial charge on any atom is -0.488 e. The van der Waals surface area contributed by atoms with Gasteiger partial charge in [-0.15, -0.1) is 0 Å². The number of halogens is 4. The topological polar surface area (TPSA) is 226 Å². The van der Waals surface area contributed by atoms with Gasteiger partial charge in [0.1, 0.15) is 58.6 Å². The van der Waals surface area contributed by atoms with Gasteiger partial charge in [0.15, 0.2) is 34.4 Å². The van der Waals surface area contributed by atoms with Gasteiger partial charge >= 0.3 is 0 Å².